The predicted octanol–water partition coefficient (Wildman–Crippen LogP) is 3.22. The van der Waals surface area contributed by atoms with Crippen molar-refractivity contribution >= 4 is 35.0 Å². The third-order valence-corrected chi connectivity index (χ3v) is 6.91. The van der Waals surface area contributed by atoms with Crippen LogP contribution in [0, 0.1) is 0 Å². The number of thiazole rings is 1. The van der Waals surface area contributed by atoms with Crippen LogP contribution in [-0.4, -0.2) is 30.4 Å². The van der Waals surface area contributed by atoms with Crippen molar-refractivity contribution < 1.29 is 19.0 Å². The molecule has 5 rings (SSSR count). The van der Waals surface area contributed by atoms with Gasteiger partial charge < -0.3 is 14.2 Å². The van der Waals surface area contributed by atoms with Gasteiger partial charge in [-0.15, -0.1) is 0 Å². The highest BCUT2D eigenvalue weighted by molar-refractivity contribution is 7.07. The summed E-state index contributed by atoms with van der Waals surface area (Å²) in [6, 6.07) is 12.0. The lowest BCUT2D eigenvalue weighted by molar-refractivity contribution is -0.139. The average molecular weight is 497 g/mol. The van der Waals surface area contributed by atoms with Gasteiger partial charge >= 0.3 is 5.97 Å². The van der Waals surface area contributed by atoms with E-state index in [4.69, 9.17) is 25.8 Å². The van der Waals surface area contributed by atoms with Gasteiger partial charge in [0.25, 0.3) is 5.56 Å². The molecule has 1 atom stereocenters. The number of carbonyl (C=O) groups excluding carboxylic acids is 1. The van der Waals surface area contributed by atoms with Crippen LogP contribution >= 0.6 is 22.9 Å². The summed E-state index contributed by atoms with van der Waals surface area (Å²) in [6.45, 7) is 4.68. The van der Waals surface area contributed by atoms with Crippen LogP contribution in [-0.2, 0) is 9.53 Å². The van der Waals surface area contributed by atoms with E-state index >= 15 is 0 Å². The molecular weight excluding hydrogens is 476 g/mol. The number of carbonyl (C=O) groups is 1. The molecule has 0 radical (unpaired) electrons. The van der Waals surface area contributed by atoms with Crippen LogP contribution in [0.15, 0.2) is 63.5 Å². The minimum Gasteiger partial charge on any atom is -0.486 e. The van der Waals surface area contributed by atoms with Gasteiger partial charge in [0.15, 0.2) is 16.3 Å². The first-order valence-corrected chi connectivity index (χ1v) is 12.0. The molecular formula is C25H21ClN2O5S. The van der Waals surface area contributed by atoms with Crippen LogP contribution in [0.1, 0.15) is 31.0 Å². The van der Waals surface area contributed by atoms with Crippen molar-refractivity contribution in [2.75, 3.05) is 19.8 Å². The maximum absolute atomic E-state index is 13.6. The minimum atomic E-state index is -0.744. The zero-order valence-corrected chi connectivity index (χ0v) is 20.1. The van der Waals surface area contributed by atoms with Crippen LogP contribution in [0.25, 0.3) is 6.08 Å². The first kappa shape index (κ1) is 22.4. The summed E-state index contributed by atoms with van der Waals surface area (Å²) >= 11 is 7.78. The molecule has 1 aromatic heterocycles. The van der Waals surface area contributed by atoms with Gasteiger partial charge in [0.2, 0.25) is 0 Å². The van der Waals surface area contributed by atoms with Gasteiger partial charge in [-0.2, -0.15) is 0 Å². The Hall–Kier alpha value is -3.36. The molecule has 2 aliphatic rings. The second-order valence-corrected chi connectivity index (χ2v) is 9.14. The van der Waals surface area contributed by atoms with E-state index in [1.54, 1.807) is 32.1 Å². The first-order valence-electron chi connectivity index (χ1n) is 10.8. The van der Waals surface area contributed by atoms with E-state index in [9.17, 15) is 9.59 Å². The van der Waals surface area contributed by atoms with E-state index in [1.165, 1.54) is 15.9 Å². The smallest absolute Gasteiger partial charge is 0.338 e. The standard InChI is InChI=1S/C25H21ClN2O5S/c1-3-31-24(30)21-14(2)27-25-28(22(21)16-6-4-5-7-17(16)26)23(29)20(34-25)13-15-8-9-18-19(12-15)33-11-10-32-18/h4-9,12-13,22H,3,10-11H2,1-2H3/t22-/m0/s1. The lowest BCUT2D eigenvalue weighted by Crippen LogP contribution is -2.40. The van der Waals surface area contributed by atoms with Crippen molar-refractivity contribution in [3.8, 4) is 11.5 Å². The number of allylic oxidation sites excluding steroid dienone is 1. The van der Waals surface area contributed by atoms with E-state index in [1.807, 2.05) is 30.3 Å². The number of esters is 1. The summed E-state index contributed by atoms with van der Waals surface area (Å²) in [5, 5.41) is 0.449. The number of ether oxygens (including phenoxy) is 3. The van der Waals surface area contributed by atoms with Crippen molar-refractivity contribution in [3.05, 3.63) is 89.6 Å². The average Bonchev–Trinajstić information content (AvgIpc) is 3.13. The van der Waals surface area contributed by atoms with Gasteiger partial charge in [0, 0.05) is 5.02 Å². The van der Waals surface area contributed by atoms with Crippen molar-refractivity contribution in [2.45, 2.75) is 19.9 Å². The molecule has 34 heavy (non-hydrogen) atoms. The summed E-state index contributed by atoms with van der Waals surface area (Å²) in [5.41, 5.74) is 1.96. The molecule has 0 saturated carbocycles. The number of aromatic nitrogens is 1. The Balaban J connectivity index is 1.70. The van der Waals surface area contributed by atoms with E-state index in [0.29, 0.717) is 55.9 Å². The Kier molecular flexibility index (Phi) is 6.02. The van der Waals surface area contributed by atoms with Gasteiger partial charge in [0.1, 0.15) is 19.3 Å². The van der Waals surface area contributed by atoms with Crippen molar-refractivity contribution in [1.29, 1.82) is 0 Å². The Bertz CT molecular complexity index is 1500. The Morgan fingerprint density at radius 1 is 1.24 bits per heavy atom. The molecule has 174 valence electrons. The molecule has 0 saturated heterocycles. The normalized spacial score (nSPS) is 17.3. The van der Waals surface area contributed by atoms with Crippen LogP contribution < -0.4 is 24.4 Å². The second kappa shape index (κ2) is 9.12. The zero-order valence-electron chi connectivity index (χ0n) is 18.5. The third-order valence-electron chi connectivity index (χ3n) is 5.58. The summed E-state index contributed by atoms with van der Waals surface area (Å²) in [7, 11) is 0. The second-order valence-electron chi connectivity index (χ2n) is 7.73. The van der Waals surface area contributed by atoms with Crippen molar-refractivity contribution in [2.24, 2.45) is 4.99 Å². The molecule has 2 aliphatic heterocycles. The van der Waals surface area contributed by atoms with Crippen LogP contribution in [0.3, 0.4) is 0 Å². The number of fused-ring (bicyclic) bond motifs is 2. The summed E-state index contributed by atoms with van der Waals surface area (Å²) < 4.78 is 18.6. The summed E-state index contributed by atoms with van der Waals surface area (Å²) in [5.74, 6) is 0.801. The number of benzene rings is 2. The Morgan fingerprint density at radius 2 is 2.00 bits per heavy atom. The van der Waals surface area contributed by atoms with Crippen LogP contribution in [0.2, 0.25) is 5.02 Å². The molecule has 0 fully saturated rings. The summed E-state index contributed by atoms with van der Waals surface area (Å²) in [4.78, 5) is 31.6. The molecule has 3 aromatic rings. The molecule has 0 spiro atoms. The monoisotopic (exact) mass is 496 g/mol. The molecule has 0 N–H and O–H groups in total. The molecule has 0 unspecified atom stereocenters. The van der Waals surface area contributed by atoms with Crippen molar-refractivity contribution in [1.82, 2.24) is 4.57 Å². The van der Waals surface area contributed by atoms with Gasteiger partial charge in [-0.3, -0.25) is 9.36 Å². The van der Waals surface area contributed by atoms with Crippen molar-refractivity contribution in [3.63, 3.8) is 0 Å². The number of nitrogens with zero attached hydrogens (tertiary/aromatic N) is 2. The van der Waals surface area contributed by atoms with Gasteiger partial charge in [0.05, 0.1) is 22.4 Å². The van der Waals surface area contributed by atoms with Gasteiger partial charge in [-0.1, -0.05) is 47.2 Å². The van der Waals surface area contributed by atoms with Gasteiger partial charge in [-0.25, -0.2) is 9.79 Å². The highest BCUT2D eigenvalue weighted by Gasteiger charge is 2.34. The Labute approximate surface area is 204 Å². The fraction of sp³-hybridized carbons (Fsp3) is 0.240. The Morgan fingerprint density at radius 3 is 2.76 bits per heavy atom. The molecule has 0 aliphatic carbocycles. The van der Waals surface area contributed by atoms with Crippen LogP contribution in [0.5, 0.6) is 11.5 Å². The predicted molar refractivity (Wildman–Crippen MR) is 129 cm³/mol. The maximum Gasteiger partial charge on any atom is 0.338 e. The van der Waals surface area contributed by atoms with Crippen LogP contribution in [0.4, 0.5) is 0 Å². The fourth-order valence-corrected chi connectivity index (χ4v) is 5.37. The zero-order chi connectivity index (χ0) is 23.8. The fourth-order valence-electron chi connectivity index (χ4n) is 4.08. The maximum atomic E-state index is 13.6. The lowest BCUT2D eigenvalue weighted by Gasteiger charge is -2.25. The first-order chi connectivity index (χ1) is 16.5. The number of halogens is 1. The van der Waals surface area contributed by atoms with Gasteiger partial charge in [-0.05, 0) is 49.2 Å². The topological polar surface area (TPSA) is 79.1 Å². The number of rotatable bonds is 4. The largest absolute Gasteiger partial charge is 0.486 e. The van der Waals surface area contributed by atoms with E-state index in [0.717, 1.165) is 5.56 Å². The molecule has 0 bridgehead atoms. The number of hydrogen-bond acceptors (Lipinski definition) is 7. The van der Waals surface area contributed by atoms with E-state index < -0.39 is 12.0 Å². The lowest BCUT2D eigenvalue weighted by atomic mass is 9.96. The highest BCUT2D eigenvalue weighted by atomic mass is 35.5. The molecule has 9 heteroatoms. The number of hydrogen-bond donors (Lipinski definition) is 0. The third kappa shape index (κ3) is 3.93. The minimum absolute atomic E-state index is 0.208. The molecule has 0 amide bonds. The SMILES string of the molecule is CCOC(=O)C1=C(C)N=c2sc(=Cc3ccc4c(c3)OCCO4)c(=O)n2[C@H]1c1ccccc1Cl. The highest BCUT2D eigenvalue weighted by Crippen LogP contribution is 2.34. The van der Waals surface area contributed by atoms with E-state index in [-0.39, 0.29) is 12.2 Å². The van der Waals surface area contributed by atoms with E-state index in [2.05, 4.69) is 4.99 Å². The quantitative estimate of drug-likeness (QED) is 0.518. The summed E-state index contributed by atoms with van der Waals surface area (Å²) in [6.07, 6.45) is 1.79. The molecule has 2 aromatic carbocycles. The molecule has 7 nitrogen and oxygen atoms in total. The molecule has 3 heterocycles.